The summed E-state index contributed by atoms with van der Waals surface area (Å²) in [5.74, 6) is -0.544. The SMILES string of the molecule is COCCN(CCO)C(=O)c1cc([N+](=O)[O-])cnc1Cl. The molecule has 0 spiro atoms. The number of methoxy groups -OCH3 is 1. The van der Waals surface area contributed by atoms with Gasteiger partial charge >= 0.3 is 0 Å². The molecule has 110 valence electrons. The van der Waals surface area contributed by atoms with Crippen LogP contribution in [0.4, 0.5) is 5.69 Å². The molecule has 0 aliphatic rings. The molecule has 0 aromatic carbocycles. The van der Waals surface area contributed by atoms with Crippen molar-refractivity contribution in [2.75, 3.05) is 33.4 Å². The molecule has 0 aliphatic carbocycles. The highest BCUT2D eigenvalue weighted by molar-refractivity contribution is 6.32. The number of pyridine rings is 1. The number of amides is 1. The number of ether oxygens (including phenoxy) is 1. The zero-order valence-electron chi connectivity index (χ0n) is 10.8. The van der Waals surface area contributed by atoms with Crippen LogP contribution in [0.3, 0.4) is 0 Å². The predicted molar refractivity (Wildman–Crippen MR) is 70.8 cm³/mol. The van der Waals surface area contributed by atoms with Crippen molar-refractivity contribution in [2.45, 2.75) is 0 Å². The van der Waals surface area contributed by atoms with Gasteiger partial charge in [-0.2, -0.15) is 0 Å². The van der Waals surface area contributed by atoms with E-state index in [9.17, 15) is 14.9 Å². The summed E-state index contributed by atoms with van der Waals surface area (Å²) in [6, 6.07) is 1.06. The largest absolute Gasteiger partial charge is 0.395 e. The first kappa shape index (κ1) is 16.3. The molecule has 1 amide bonds. The van der Waals surface area contributed by atoms with Gasteiger partial charge in [0.25, 0.3) is 11.6 Å². The maximum Gasteiger partial charge on any atom is 0.288 e. The fraction of sp³-hybridized carbons (Fsp3) is 0.455. The molecule has 0 aliphatic heterocycles. The summed E-state index contributed by atoms with van der Waals surface area (Å²) in [4.78, 5) is 27.2. The highest BCUT2D eigenvalue weighted by atomic mass is 35.5. The number of carbonyl (C=O) groups excluding carboxylic acids is 1. The van der Waals surface area contributed by atoms with Crippen molar-refractivity contribution in [2.24, 2.45) is 0 Å². The van der Waals surface area contributed by atoms with Crippen LogP contribution < -0.4 is 0 Å². The number of halogens is 1. The second-order valence-corrected chi connectivity index (χ2v) is 4.16. The number of aliphatic hydroxyl groups is 1. The average molecular weight is 304 g/mol. The van der Waals surface area contributed by atoms with Gasteiger partial charge in [0.05, 0.1) is 23.7 Å². The molecule has 9 heteroatoms. The summed E-state index contributed by atoms with van der Waals surface area (Å²) in [7, 11) is 1.48. The van der Waals surface area contributed by atoms with Crippen molar-refractivity contribution >= 4 is 23.2 Å². The summed E-state index contributed by atoms with van der Waals surface area (Å²) >= 11 is 5.80. The molecule has 1 aromatic rings. The molecule has 0 saturated carbocycles. The van der Waals surface area contributed by atoms with Gasteiger partial charge in [-0.1, -0.05) is 11.6 Å². The fourth-order valence-electron chi connectivity index (χ4n) is 1.49. The number of nitrogens with zero attached hydrogens (tertiary/aromatic N) is 3. The van der Waals surface area contributed by atoms with Crippen molar-refractivity contribution in [1.82, 2.24) is 9.88 Å². The molecule has 20 heavy (non-hydrogen) atoms. The second kappa shape index (κ2) is 7.73. The van der Waals surface area contributed by atoms with Gasteiger partial charge in [0, 0.05) is 26.3 Å². The molecular formula is C11H14ClN3O5. The van der Waals surface area contributed by atoms with Crippen LogP contribution in [-0.4, -0.2) is 59.2 Å². The molecular weight excluding hydrogens is 290 g/mol. The molecule has 0 saturated heterocycles. The van der Waals surface area contributed by atoms with E-state index in [-0.39, 0.29) is 42.7 Å². The summed E-state index contributed by atoms with van der Waals surface area (Å²) in [6.07, 6.45) is 0.977. The minimum absolute atomic E-state index is 0.0706. The van der Waals surface area contributed by atoms with E-state index in [4.69, 9.17) is 21.4 Å². The summed E-state index contributed by atoms with van der Waals surface area (Å²) in [5.41, 5.74) is -0.404. The third-order valence-electron chi connectivity index (χ3n) is 2.49. The first-order chi connectivity index (χ1) is 9.51. The number of nitro groups is 1. The Kier molecular flexibility index (Phi) is 6.29. The number of rotatable bonds is 7. The normalized spacial score (nSPS) is 10.3. The predicted octanol–water partition coefficient (Wildman–Crippen LogP) is 0.724. The van der Waals surface area contributed by atoms with E-state index in [1.165, 1.54) is 12.0 Å². The third-order valence-corrected chi connectivity index (χ3v) is 2.79. The van der Waals surface area contributed by atoms with Crippen molar-refractivity contribution in [3.63, 3.8) is 0 Å². The first-order valence-electron chi connectivity index (χ1n) is 5.70. The Bertz CT molecular complexity index is 497. The van der Waals surface area contributed by atoms with Crippen LogP contribution in [0.5, 0.6) is 0 Å². The topological polar surface area (TPSA) is 106 Å². The maximum atomic E-state index is 12.2. The van der Waals surface area contributed by atoms with Crippen LogP contribution in [0.2, 0.25) is 5.15 Å². The summed E-state index contributed by atoms with van der Waals surface area (Å²) in [5, 5.41) is 19.5. The van der Waals surface area contributed by atoms with Crippen molar-refractivity contribution < 1.29 is 19.6 Å². The number of carbonyl (C=O) groups is 1. The molecule has 0 bridgehead atoms. The van der Waals surface area contributed by atoms with E-state index in [1.54, 1.807) is 0 Å². The van der Waals surface area contributed by atoms with Gasteiger partial charge in [-0.25, -0.2) is 4.98 Å². The van der Waals surface area contributed by atoms with Crippen molar-refractivity contribution in [1.29, 1.82) is 0 Å². The van der Waals surface area contributed by atoms with Crippen LogP contribution in [0.25, 0.3) is 0 Å². The molecule has 1 heterocycles. The van der Waals surface area contributed by atoms with Crippen LogP contribution in [-0.2, 0) is 4.74 Å². The van der Waals surface area contributed by atoms with Crippen molar-refractivity contribution in [3.8, 4) is 0 Å². The van der Waals surface area contributed by atoms with Gasteiger partial charge in [0.15, 0.2) is 0 Å². The highest BCUT2D eigenvalue weighted by Crippen LogP contribution is 2.20. The Labute approximate surface area is 120 Å². The van der Waals surface area contributed by atoms with Gasteiger partial charge in [0.1, 0.15) is 11.3 Å². The van der Waals surface area contributed by atoms with E-state index in [2.05, 4.69) is 4.98 Å². The van der Waals surface area contributed by atoms with E-state index in [0.29, 0.717) is 0 Å². The quantitative estimate of drug-likeness (QED) is 0.452. The van der Waals surface area contributed by atoms with Gasteiger partial charge in [-0.05, 0) is 0 Å². The fourth-order valence-corrected chi connectivity index (χ4v) is 1.68. The Morgan fingerprint density at radius 1 is 1.60 bits per heavy atom. The lowest BCUT2D eigenvalue weighted by atomic mass is 10.2. The molecule has 1 N–H and O–H groups in total. The first-order valence-corrected chi connectivity index (χ1v) is 6.08. The number of aromatic nitrogens is 1. The molecule has 1 rings (SSSR count). The van der Waals surface area contributed by atoms with E-state index >= 15 is 0 Å². The third kappa shape index (κ3) is 4.12. The minimum atomic E-state index is -0.661. The summed E-state index contributed by atoms with van der Waals surface area (Å²) in [6.45, 7) is 0.331. The van der Waals surface area contributed by atoms with Crippen LogP contribution in [0, 0.1) is 10.1 Å². The van der Waals surface area contributed by atoms with Crippen LogP contribution in [0.1, 0.15) is 10.4 Å². The van der Waals surface area contributed by atoms with Gasteiger partial charge in [0.2, 0.25) is 0 Å². The van der Waals surface area contributed by atoms with Gasteiger partial charge in [-0.15, -0.1) is 0 Å². The Balaban J connectivity index is 3.03. The monoisotopic (exact) mass is 303 g/mol. The Morgan fingerprint density at radius 2 is 2.30 bits per heavy atom. The lowest BCUT2D eigenvalue weighted by molar-refractivity contribution is -0.385. The van der Waals surface area contributed by atoms with Crippen molar-refractivity contribution in [3.05, 3.63) is 33.1 Å². The molecule has 0 radical (unpaired) electrons. The zero-order valence-corrected chi connectivity index (χ0v) is 11.5. The second-order valence-electron chi connectivity index (χ2n) is 3.80. The Morgan fingerprint density at radius 3 is 2.85 bits per heavy atom. The lowest BCUT2D eigenvalue weighted by Crippen LogP contribution is -2.36. The van der Waals surface area contributed by atoms with E-state index < -0.39 is 10.8 Å². The van der Waals surface area contributed by atoms with E-state index in [1.807, 2.05) is 0 Å². The Hall–Kier alpha value is -1.77. The zero-order chi connectivity index (χ0) is 15.1. The van der Waals surface area contributed by atoms with E-state index in [0.717, 1.165) is 12.3 Å². The molecule has 0 unspecified atom stereocenters. The standard InChI is InChI=1S/C11H14ClN3O5/c1-20-5-3-14(2-4-16)11(17)9-6-8(15(18)19)7-13-10(9)12/h6-7,16H,2-5H2,1H3. The van der Waals surface area contributed by atoms with Gasteiger partial charge in [-0.3, -0.25) is 14.9 Å². The highest BCUT2D eigenvalue weighted by Gasteiger charge is 2.21. The number of aliphatic hydroxyl groups excluding tert-OH is 1. The maximum absolute atomic E-state index is 12.2. The number of hydrogen-bond acceptors (Lipinski definition) is 6. The minimum Gasteiger partial charge on any atom is -0.395 e. The van der Waals surface area contributed by atoms with Crippen LogP contribution >= 0.6 is 11.6 Å². The van der Waals surface area contributed by atoms with Gasteiger partial charge < -0.3 is 14.7 Å². The molecule has 8 nitrogen and oxygen atoms in total. The lowest BCUT2D eigenvalue weighted by Gasteiger charge is -2.21. The molecule has 0 fully saturated rings. The number of hydrogen-bond donors (Lipinski definition) is 1. The summed E-state index contributed by atoms with van der Waals surface area (Å²) < 4.78 is 4.86. The van der Waals surface area contributed by atoms with Crippen LogP contribution in [0.15, 0.2) is 12.3 Å². The molecule has 1 aromatic heterocycles. The molecule has 0 atom stereocenters. The smallest absolute Gasteiger partial charge is 0.288 e. The average Bonchev–Trinajstić information content (AvgIpc) is 2.43.